The second-order valence-electron chi connectivity index (χ2n) is 5.23. The fourth-order valence-electron chi connectivity index (χ4n) is 2.73. The number of halogens is 1. The summed E-state index contributed by atoms with van der Waals surface area (Å²) in [7, 11) is 0. The first-order chi connectivity index (χ1) is 6.77. The number of aliphatic hydroxyl groups is 1. The maximum absolute atomic E-state index is 9.86. The van der Waals surface area contributed by atoms with E-state index in [0.29, 0.717) is 5.92 Å². The molecule has 2 nitrogen and oxygen atoms in total. The van der Waals surface area contributed by atoms with Crippen molar-refractivity contribution >= 4 is 12.4 Å². The quantitative estimate of drug-likeness (QED) is 0.784. The minimum atomic E-state index is -0.211. The molecule has 2 atom stereocenters. The monoisotopic (exact) mass is 233 g/mol. The summed E-state index contributed by atoms with van der Waals surface area (Å²) in [5.74, 6) is 1.33. The van der Waals surface area contributed by atoms with Crippen LogP contribution in [0.5, 0.6) is 0 Å². The average Bonchev–Trinajstić information content (AvgIpc) is 3.01. The standard InChI is InChI=1S/C12H23NO.ClH/c13-11(12(14)10-6-7-10)8-9-4-2-1-3-5-9;/h9-12,14H,1-8,13H2;1H/t11-,12-;/m1./s1. The van der Waals surface area contributed by atoms with Crippen molar-refractivity contribution in [1.82, 2.24) is 0 Å². The number of aliphatic hydroxyl groups excluding tert-OH is 1. The Morgan fingerprint density at radius 3 is 2.20 bits per heavy atom. The Hall–Kier alpha value is 0.210. The average molecular weight is 234 g/mol. The van der Waals surface area contributed by atoms with Gasteiger partial charge in [0.05, 0.1) is 6.10 Å². The van der Waals surface area contributed by atoms with Gasteiger partial charge >= 0.3 is 0 Å². The van der Waals surface area contributed by atoms with Crippen LogP contribution in [0.15, 0.2) is 0 Å². The first-order valence-corrected chi connectivity index (χ1v) is 6.21. The van der Waals surface area contributed by atoms with Crippen LogP contribution in [0, 0.1) is 11.8 Å². The van der Waals surface area contributed by atoms with Crippen molar-refractivity contribution in [2.75, 3.05) is 0 Å². The van der Waals surface area contributed by atoms with E-state index in [-0.39, 0.29) is 24.6 Å². The maximum atomic E-state index is 9.86. The highest BCUT2D eigenvalue weighted by molar-refractivity contribution is 5.85. The van der Waals surface area contributed by atoms with Crippen molar-refractivity contribution in [3.8, 4) is 0 Å². The van der Waals surface area contributed by atoms with Crippen LogP contribution < -0.4 is 5.73 Å². The molecule has 0 aromatic rings. The summed E-state index contributed by atoms with van der Waals surface area (Å²) in [5.41, 5.74) is 6.04. The third-order valence-corrected chi connectivity index (χ3v) is 3.87. The molecule has 0 unspecified atom stereocenters. The molecule has 0 bridgehead atoms. The zero-order chi connectivity index (χ0) is 9.97. The van der Waals surface area contributed by atoms with E-state index in [4.69, 9.17) is 5.73 Å². The summed E-state index contributed by atoms with van der Waals surface area (Å²) < 4.78 is 0. The van der Waals surface area contributed by atoms with Crippen molar-refractivity contribution in [2.45, 2.75) is 63.5 Å². The van der Waals surface area contributed by atoms with Gasteiger partial charge in [-0.3, -0.25) is 0 Å². The predicted octanol–water partition coefficient (Wildman–Crippen LogP) is 2.48. The summed E-state index contributed by atoms with van der Waals surface area (Å²) in [6.45, 7) is 0. The van der Waals surface area contributed by atoms with Gasteiger partial charge in [0.1, 0.15) is 0 Å². The molecule has 0 aliphatic heterocycles. The van der Waals surface area contributed by atoms with Gasteiger partial charge < -0.3 is 10.8 Å². The lowest BCUT2D eigenvalue weighted by atomic mass is 9.83. The van der Waals surface area contributed by atoms with E-state index in [9.17, 15) is 5.11 Å². The van der Waals surface area contributed by atoms with Crippen molar-refractivity contribution in [3.05, 3.63) is 0 Å². The fourth-order valence-corrected chi connectivity index (χ4v) is 2.73. The van der Waals surface area contributed by atoms with Gasteiger partial charge in [0.2, 0.25) is 0 Å². The molecule has 0 radical (unpaired) electrons. The van der Waals surface area contributed by atoms with E-state index in [1.54, 1.807) is 0 Å². The Bertz CT molecular complexity index is 178. The van der Waals surface area contributed by atoms with Crippen LogP contribution in [0.4, 0.5) is 0 Å². The highest BCUT2D eigenvalue weighted by Gasteiger charge is 2.34. The van der Waals surface area contributed by atoms with Crippen molar-refractivity contribution in [2.24, 2.45) is 17.6 Å². The summed E-state index contributed by atoms with van der Waals surface area (Å²) >= 11 is 0. The highest BCUT2D eigenvalue weighted by Crippen LogP contribution is 2.36. The first-order valence-electron chi connectivity index (χ1n) is 6.21. The van der Waals surface area contributed by atoms with Crippen molar-refractivity contribution in [3.63, 3.8) is 0 Å². The molecular formula is C12H24ClNO. The van der Waals surface area contributed by atoms with E-state index in [1.165, 1.54) is 44.9 Å². The molecule has 0 aromatic heterocycles. The van der Waals surface area contributed by atoms with Crippen LogP contribution in [-0.4, -0.2) is 17.3 Å². The molecule has 0 saturated heterocycles. The smallest absolute Gasteiger partial charge is 0.0719 e. The van der Waals surface area contributed by atoms with E-state index in [0.717, 1.165) is 12.3 Å². The predicted molar refractivity (Wildman–Crippen MR) is 65.1 cm³/mol. The third-order valence-electron chi connectivity index (χ3n) is 3.87. The minimum Gasteiger partial charge on any atom is -0.391 e. The highest BCUT2D eigenvalue weighted by atomic mass is 35.5. The zero-order valence-electron chi connectivity index (χ0n) is 9.40. The molecule has 0 aromatic carbocycles. The molecule has 15 heavy (non-hydrogen) atoms. The van der Waals surface area contributed by atoms with Crippen molar-refractivity contribution < 1.29 is 5.11 Å². The molecule has 0 amide bonds. The Kier molecular flexibility index (Phi) is 5.37. The number of nitrogens with two attached hydrogens (primary N) is 1. The molecule has 90 valence electrons. The van der Waals surface area contributed by atoms with Gasteiger partial charge in [0, 0.05) is 6.04 Å². The molecule has 3 heteroatoms. The second kappa shape index (κ2) is 6.07. The molecule has 2 aliphatic rings. The van der Waals surface area contributed by atoms with Crippen LogP contribution in [0.1, 0.15) is 51.4 Å². The SMILES string of the molecule is Cl.N[C@H](CC1CCCCC1)[C@H](O)C1CC1. The Labute approximate surface area is 99.0 Å². The van der Waals surface area contributed by atoms with Gasteiger partial charge in [-0.2, -0.15) is 0 Å². The van der Waals surface area contributed by atoms with Gasteiger partial charge in [0.25, 0.3) is 0 Å². The molecule has 0 spiro atoms. The van der Waals surface area contributed by atoms with Crippen LogP contribution in [0.25, 0.3) is 0 Å². The number of rotatable bonds is 4. The summed E-state index contributed by atoms with van der Waals surface area (Å²) in [5, 5.41) is 9.86. The normalized spacial score (nSPS) is 26.8. The molecule has 2 aliphatic carbocycles. The summed E-state index contributed by atoms with van der Waals surface area (Å²) in [4.78, 5) is 0. The molecule has 0 heterocycles. The lowest BCUT2D eigenvalue weighted by Crippen LogP contribution is -2.38. The maximum Gasteiger partial charge on any atom is 0.0719 e. The molecule has 2 saturated carbocycles. The summed E-state index contributed by atoms with van der Waals surface area (Å²) in [6.07, 6.45) is 10.1. The number of hydrogen-bond acceptors (Lipinski definition) is 2. The van der Waals surface area contributed by atoms with Crippen LogP contribution in [0.3, 0.4) is 0 Å². The topological polar surface area (TPSA) is 46.2 Å². The van der Waals surface area contributed by atoms with E-state index in [2.05, 4.69) is 0 Å². The van der Waals surface area contributed by atoms with Gasteiger partial charge in [-0.05, 0) is 31.1 Å². The second-order valence-corrected chi connectivity index (χ2v) is 5.23. The van der Waals surface area contributed by atoms with Gasteiger partial charge in [-0.1, -0.05) is 32.1 Å². The van der Waals surface area contributed by atoms with Crippen molar-refractivity contribution in [1.29, 1.82) is 0 Å². The first kappa shape index (κ1) is 13.3. The van der Waals surface area contributed by atoms with Gasteiger partial charge in [0.15, 0.2) is 0 Å². The van der Waals surface area contributed by atoms with Crippen LogP contribution >= 0.6 is 12.4 Å². The number of hydrogen-bond donors (Lipinski definition) is 2. The largest absolute Gasteiger partial charge is 0.391 e. The minimum absolute atomic E-state index is 0. The van der Waals surface area contributed by atoms with E-state index in [1.807, 2.05) is 0 Å². The summed E-state index contributed by atoms with van der Waals surface area (Å²) in [6, 6.07) is 0.0469. The van der Waals surface area contributed by atoms with Gasteiger partial charge in [-0.25, -0.2) is 0 Å². The zero-order valence-corrected chi connectivity index (χ0v) is 10.2. The molecule has 2 rings (SSSR count). The third kappa shape index (κ3) is 3.93. The lowest BCUT2D eigenvalue weighted by Gasteiger charge is -2.27. The lowest BCUT2D eigenvalue weighted by molar-refractivity contribution is 0.106. The molecule has 2 fully saturated rings. The van der Waals surface area contributed by atoms with Gasteiger partial charge in [-0.15, -0.1) is 12.4 Å². The van der Waals surface area contributed by atoms with E-state index >= 15 is 0 Å². The Balaban J connectivity index is 0.00000112. The van der Waals surface area contributed by atoms with Crippen LogP contribution in [0.2, 0.25) is 0 Å². The Morgan fingerprint density at radius 1 is 1.07 bits per heavy atom. The molecule has 3 N–H and O–H groups in total. The fraction of sp³-hybridized carbons (Fsp3) is 1.00. The molecular weight excluding hydrogens is 210 g/mol. The van der Waals surface area contributed by atoms with E-state index < -0.39 is 0 Å². The van der Waals surface area contributed by atoms with Crippen LogP contribution in [-0.2, 0) is 0 Å². The Morgan fingerprint density at radius 2 is 1.67 bits per heavy atom.